The SMILES string of the molecule is Cc1ccc(OCC(=O)N(Cc2ccccc2)C2=CC=CCC(NCC#N)=C2)cc1. The van der Waals surface area contributed by atoms with Crippen molar-refractivity contribution in [3.05, 3.63) is 101 Å². The van der Waals surface area contributed by atoms with Gasteiger partial charge in [-0.25, -0.2) is 0 Å². The van der Waals surface area contributed by atoms with Crippen LogP contribution in [0.25, 0.3) is 0 Å². The first kappa shape index (κ1) is 20.9. The summed E-state index contributed by atoms with van der Waals surface area (Å²) >= 11 is 0. The second kappa shape index (κ2) is 10.7. The van der Waals surface area contributed by atoms with Gasteiger partial charge in [0.25, 0.3) is 5.91 Å². The number of aryl methyl sites for hydroxylation is 1. The van der Waals surface area contributed by atoms with Crippen LogP contribution in [-0.2, 0) is 11.3 Å². The summed E-state index contributed by atoms with van der Waals surface area (Å²) in [5, 5.41) is 12.0. The van der Waals surface area contributed by atoms with Crippen LogP contribution >= 0.6 is 0 Å². The van der Waals surface area contributed by atoms with Crippen molar-refractivity contribution in [2.45, 2.75) is 19.9 Å². The van der Waals surface area contributed by atoms with Crippen LogP contribution < -0.4 is 10.1 Å². The third kappa shape index (κ3) is 6.11. The Hall–Kier alpha value is -3.78. The lowest BCUT2D eigenvalue weighted by Crippen LogP contribution is -2.33. The van der Waals surface area contributed by atoms with Gasteiger partial charge >= 0.3 is 0 Å². The van der Waals surface area contributed by atoms with Crippen molar-refractivity contribution in [2.75, 3.05) is 13.2 Å². The molecule has 0 spiro atoms. The number of nitrogens with zero attached hydrogens (tertiary/aromatic N) is 2. The zero-order valence-corrected chi connectivity index (χ0v) is 17.0. The van der Waals surface area contributed by atoms with Gasteiger partial charge in [0, 0.05) is 17.8 Å². The maximum absolute atomic E-state index is 13.2. The van der Waals surface area contributed by atoms with Crippen LogP contribution in [0.3, 0.4) is 0 Å². The lowest BCUT2D eigenvalue weighted by Gasteiger charge is -2.24. The van der Waals surface area contributed by atoms with Gasteiger partial charge in [-0.1, -0.05) is 60.2 Å². The van der Waals surface area contributed by atoms with E-state index >= 15 is 0 Å². The van der Waals surface area contributed by atoms with Gasteiger partial charge in [-0.15, -0.1) is 0 Å². The molecule has 0 fully saturated rings. The van der Waals surface area contributed by atoms with Gasteiger partial charge in [0.05, 0.1) is 12.6 Å². The number of carbonyl (C=O) groups is 1. The molecule has 3 rings (SSSR count). The Bertz CT molecular complexity index is 983. The van der Waals surface area contributed by atoms with Crippen LogP contribution in [0, 0.1) is 18.3 Å². The molecule has 0 bridgehead atoms. The lowest BCUT2D eigenvalue weighted by atomic mass is 10.2. The molecule has 2 aromatic carbocycles. The molecule has 0 aromatic heterocycles. The fourth-order valence-corrected chi connectivity index (χ4v) is 3.04. The maximum atomic E-state index is 13.2. The van der Waals surface area contributed by atoms with E-state index < -0.39 is 0 Å². The number of nitriles is 1. The molecule has 5 nitrogen and oxygen atoms in total. The fourth-order valence-electron chi connectivity index (χ4n) is 3.04. The quantitative estimate of drug-likeness (QED) is 0.674. The molecule has 0 aliphatic heterocycles. The predicted molar refractivity (Wildman–Crippen MR) is 117 cm³/mol. The Labute approximate surface area is 177 Å². The molecule has 0 atom stereocenters. The molecular weight excluding hydrogens is 374 g/mol. The molecule has 1 aliphatic rings. The van der Waals surface area contributed by atoms with Gasteiger partial charge in [-0.2, -0.15) is 5.26 Å². The van der Waals surface area contributed by atoms with Crippen molar-refractivity contribution in [1.82, 2.24) is 10.2 Å². The lowest BCUT2D eigenvalue weighted by molar-refractivity contribution is -0.131. The molecule has 30 heavy (non-hydrogen) atoms. The van der Waals surface area contributed by atoms with Crippen LogP contribution in [0.5, 0.6) is 5.75 Å². The molecule has 1 aliphatic carbocycles. The molecule has 152 valence electrons. The summed E-state index contributed by atoms with van der Waals surface area (Å²) in [6.07, 6.45) is 8.43. The van der Waals surface area contributed by atoms with Crippen molar-refractivity contribution in [1.29, 1.82) is 5.26 Å². The Balaban J connectivity index is 1.81. The number of carbonyl (C=O) groups excluding carboxylic acids is 1. The predicted octanol–water partition coefficient (Wildman–Crippen LogP) is 4.24. The molecule has 2 aromatic rings. The van der Waals surface area contributed by atoms with E-state index in [1.165, 1.54) is 0 Å². The summed E-state index contributed by atoms with van der Waals surface area (Å²) in [4.78, 5) is 14.9. The zero-order chi connectivity index (χ0) is 21.2. The summed E-state index contributed by atoms with van der Waals surface area (Å²) in [7, 11) is 0. The number of allylic oxidation sites excluding steroid dienone is 4. The molecule has 0 unspecified atom stereocenters. The molecule has 0 radical (unpaired) electrons. The van der Waals surface area contributed by atoms with Crippen molar-refractivity contribution in [3.8, 4) is 11.8 Å². The van der Waals surface area contributed by atoms with Crippen LogP contribution in [0.15, 0.2) is 90.3 Å². The number of amides is 1. The second-order valence-electron chi connectivity index (χ2n) is 6.97. The standard InChI is InChI=1S/C25H25N3O2/c1-20-11-13-24(14-12-20)30-19-25(29)28(18-21-7-3-2-4-8-21)23-10-6-5-9-22(17-23)27-16-15-26/h2-8,10-14,17,27H,9,16,18-19H2,1H3. The number of hydrogen-bond donors (Lipinski definition) is 1. The van der Waals surface area contributed by atoms with Crippen molar-refractivity contribution in [2.24, 2.45) is 0 Å². The summed E-state index contributed by atoms with van der Waals surface area (Å²) < 4.78 is 5.74. The van der Waals surface area contributed by atoms with E-state index in [4.69, 9.17) is 10.00 Å². The van der Waals surface area contributed by atoms with E-state index in [9.17, 15) is 4.79 Å². The Morgan fingerprint density at radius 1 is 1.17 bits per heavy atom. The Kier molecular flexibility index (Phi) is 7.45. The molecule has 0 heterocycles. The van der Waals surface area contributed by atoms with Gasteiger partial charge in [-0.3, -0.25) is 4.79 Å². The monoisotopic (exact) mass is 399 g/mol. The minimum absolute atomic E-state index is 0.0637. The van der Waals surface area contributed by atoms with Crippen molar-refractivity contribution >= 4 is 5.91 Å². The van der Waals surface area contributed by atoms with Crippen molar-refractivity contribution < 1.29 is 9.53 Å². The zero-order valence-electron chi connectivity index (χ0n) is 17.0. The first-order chi connectivity index (χ1) is 14.7. The van der Waals surface area contributed by atoms with E-state index in [0.29, 0.717) is 18.7 Å². The average Bonchev–Trinajstić information content (AvgIpc) is 3.01. The summed E-state index contributed by atoms with van der Waals surface area (Å²) in [5.74, 6) is 0.520. The second-order valence-corrected chi connectivity index (χ2v) is 6.97. The smallest absolute Gasteiger partial charge is 0.265 e. The van der Waals surface area contributed by atoms with E-state index in [0.717, 1.165) is 22.5 Å². The molecular formula is C25H25N3O2. The van der Waals surface area contributed by atoms with Crippen LogP contribution in [0.1, 0.15) is 17.5 Å². The third-order valence-electron chi connectivity index (χ3n) is 4.64. The van der Waals surface area contributed by atoms with Gasteiger partial charge in [0.1, 0.15) is 12.3 Å². The van der Waals surface area contributed by atoms with E-state index in [1.54, 1.807) is 4.90 Å². The Morgan fingerprint density at radius 3 is 2.67 bits per heavy atom. The minimum Gasteiger partial charge on any atom is -0.484 e. The fraction of sp³-hybridized carbons (Fsp3) is 0.200. The number of nitrogens with one attached hydrogen (secondary N) is 1. The summed E-state index contributed by atoms with van der Waals surface area (Å²) in [6, 6.07) is 19.6. The van der Waals surface area contributed by atoms with Gasteiger partial charge in [-0.05, 0) is 36.8 Å². The summed E-state index contributed by atoms with van der Waals surface area (Å²) in [6.45, 7) is 2.59. The van der Waals surface area contributed by atoms with Crippen molar-refractivity contribution in [3.63, 3.8) is 0 Å². The molecule has 5 heteroatoms. The maximum Gasteiger partial charge on any atom is 0.265 e. The highest BCUT2D eigenvalue weighted by atomic mass is 16.5. The largest absolute Gasteiger partial charge is 0.484 e. The normalized spacial score (nSPS) is 12.8. The molecule has 0 saturated carbocycles. The molecule has 0 saturated heterocycles. The van der Waals surface area contributed by atoms with E-state index in [1.807, 2.05) is 85.8 Å². The highest BCUT2D eigenvalue weighted by Gasteiger charge is 2.19. The molecule has 1 amide bonds. The van der Waals surface area contributed by atoms with Crippen LogP contribution in [-0.4, -0.2) is 24.0 Å². The van der Waals surface area contributed by atoms with Gasteiger partial charge in [0.15, 0.2) is 6.61 Å². The topological polar surface area (TPSA) is 65.4 Å². The highest BCUT2D eigenvalue weighted by molar-refractivity contribution is 5.80. The molecule has 1 N–H and O–H groups in total. The number of ether oxygens (including phenoxy) is 1. The Morgan fingerprint density at radius 2 is 1.93 bits per heavy atom. The number of benzene rings is 2. The highest BCUT2D eigenvalue weighted by Crippen LogP contribution is 2.19. The van der Waals surface area contributed by atoms with Gasteiger partial charge < -0.3 is 15.0 Å². The van der Waals surface area contributed by atoms with E-state index in [2.05, 4.69) is 11.4 Å². The van der Waals surface area contributed by atoms with Crippen LogP contribution in [0.4, 0.5) is 0 Å². The third-order valence-corrected chi connectivity index (χ3v) is 4.64. The van der Waals surface area contributed by atoms with E-state index in [-0.39, 0.29) is 19.1 Å². The summed E-state index contributed by atoms with van der Waals surface area (Å²) in [5.41, 5.74) is 3.81. The number of hydrogen-bond acceptors (Lipinski definition) is 4. The number of rotatable bonds is 8. The average molecular weight is 399 g/mol. The first-order valence-corrected chi connectivity index (χ1v) is 9.87. The van der Waals surface area contributed by atoms with Gasteiger partial charge in [0.2, 0.25) is 0 Å². The van der Waals surface area contributed by atoms with Crippen LogP contribution in [0.2, 0.25) is 0 Å². The first-order valence-electron chi connectivity index (χ1n) is 9.87. The minimum atomic E-state index is -0.142.